The van der Waals surface area contributed by atoms with Crippen LogP contribution in [0.2, 0.25) is 0 Å². The fourth-order valence-electron chi connectivity index (χ4n) is 3.14. The van der Waals surface area contributed by atoms with Gasteiger partial charge in [-0.3, -0.25) is 14.4 Å². The lowest BCUT2D eigenvalue weighted by atomic mass is 10.1. The van der Waals surface area contributed by atoms with E-state index in [0.717, 1.165) is 5.56 Å². The lowest BCUT2D eigenvalue weighted by Gasteiger charge is -2.34. The largest absolute Gasteiger partial charge is 0.339 e. The van der Waals surface area contributed by atoms with Gasteiger partial charge in [0.1, 0.15) is 5.82 Å². The Bertz CT molecular complexity index is 895. The van der Waals surface area contributed by atoms with Crippen LogP contribution in [0, 0.1) is 5.82 Å². The van der Waals surface area contributed by atoms with Crippen molar-refractivity contribution in [2.45, 2.75) is 12.7 Å². The standard InChI is InChI=1S/C22H24FN3O3S/c1-16(27)25-10-12-26(13-11-25)22(29)18-4-2-17(3-5-18)14-30-15-21(28)24-20-8-6-19(23)7-9-20/h2-9H,10-15H2,1H3,(H,24,28). The fourth-order valence-corrected chi connectivity index (χ4v) is 3.93. The summed E-state index contributed by atoms with van der Waals surface area (Å²) in [6.07, 6.45) is 0. The minimum atomic E-state index is -0.345. The smallest absolute Gasteiger partial charge is 0.253 e. The van der Waals surface area contributed by atoms with Gasteiger partial charge < -0.3 is 15.1 Å². The van der Waals surface area contributed by atoms with Gasteiger partial charge in [0.15, 0.2) is 0 Å². The fraction of sp³-hybridized carbons (Fsp3) is 0.318. The van der Waals surface area contributed by atoms with Gasteiger partial charge in [0.05, 0.1) is 5.75 Å². The van der Waals surface area contributed by atoms with Crippen LogP contribution in [0.25, 0.3) is 0 Å². The Morgan fingerprint density at radius 1 is 0.933 bits per heavy atom. The van der Waals surface area contributed by atoms with Gasteiger partial charge in [0.2, 0.25) is 11.8 Å². The second-order valence-electron chi connectivity index (χ2n) is 7.04. The Morgan fingerprint density at radius 2 is 1.53 bits per heavy atom. The molecule has 2 aromatic rings. The van der Waals surface area contributed by atoms with E-state index in [9.17, 15) is 18.8 Å². The average molecular weight is 430 g/mol. The first-order chi connectivity index (χ1) is 14.4. The topological polar surface area (TPSA) is 69.7 Å². The summed E-state index contributed by atoms with van der Waals surface area (Å²) in [5, 5.41) is 2.72. The maximum absolute atomic E-state index is 12.9. The average Bonchev–Trinajstić information content (AvgIpc) is 2.75. The number of hydrogen-bond donors (Lipinski definition) is 1. The molecule has 0 unspecified atom stereocenters. The van der Waals surface area contributed by atoms with E-state index in [2.05, 4.69) is 5.32 Å². The van der Waals surface area contributed by atoms with Crippen LogP contribution < -0.4 is 5.32 Å². The van der Waals surface area contributed by atoms with Crippen LogP contribution >= 0.6 is 11.8 Å². The lowest BCUT2D eigenvalue weighted by molar-refractivity contribution is -0.130. The molecule has 1 fully saturated rings. The Labute approximate surface area is 179 Å². The van der Waals surface area contributed by atoms with Gasteiger partial charge in [-0.15, -0.1) is 11.8 Å². The molecule has 0 radical (unpaired) electrons. The highest BCUT2D eigenvalue weighted by Crippen LogP contribution is 2.16. The second kappa shape index (κ2) is 10.2. The first-order valence-electron chi connectivity index (χ1n) is 9.69. The van der Waals surface area contributed by atoms with E-state index in [0.29, 0.717) is 43.2 Å². The van der Waals surface area contributed by atoms with Crippen LogP contribution in [0.15, 0.2) is 48.5 Å². The van der Waals surface area contributed by atoms with Crippen LogP contribution in [-0.4, -0.2) is 59.5 Å². The summed E-state index contributed by atoms with van der Waals surface area (Å²) in [7, 11) is 0. The number of piperazine rings is 1. The number of rotatable bonds is 6. The van der Waals surface area contributed by atoms with Crippen molar-refractivity contribution in [3.63, 3.8) is 0 Å². The normalized spacial score (nSPS) is 13.8. The molecule has 158 valence electrons. The van der Waals surface area contributed by atoms with Crippen molar-refractivity contribution in [1.29, 1.82) is 0 Å². The molecule has 0 aliphatic carbocycles. The molecule has 0 saturated carbocycles. The van der Waals surface area contributed by atoms with E-state index in [1.54, 1.807) is 28.9 Å². The monoisotopic (exact) mass is 429 g/mol. The van der Waals surface area contributed by atoms with Crippen molar-refractivity contribution in [3.05, 3.63) is 65.5 Å². The molecule has 1 saturated heterocycles. The zero-order chi connectivity index (χ0) is 21.5. The number of carbonyl (C=O) groups excluding carboxylic acids is 3. The highest BCUT2D eigenvalue weighted by atomic mass is 32.2. The Hall–Kier alpha value is -2.87. The molecule has 0 bridgehead atoms. The van der Waals surface area contributed by atoms with E-state index >= 15 is 0 Å². The number of carbonyl (C=O) groups is 3. The van der Waals surface area contributed by atoms with Crippen LogP contribution in [-0.2, 0) is 15.3 Å². The van der Waals surface area contributed by atoms with Crippen LogP contribution in [0.3, 0.4) is 0 Å². The molecular formula is C22H24FN3O3S. The number of nitrogens with one attached hydrogen (secondary N) is 1. The zero-order valence-corrected chi connectivity index (χ0v) is 17.6. The van der Waals surface area contributed by atoms with Gasteiger partial charge in [-0.25, -0.2) is 4.39 Å². The summed E-state index contributed by atoms with van der Waals surface area (Å²) in [6.45, 7) is 3.75. The predicted molar refractivity (Wildman–Crippen MR) is 116 cm³/mol. The molecule has 1 N–H and O–H groups in total. The van der Waals surface area contributed by atoms with Gasteiger partial charge >= 0.3 is 0 Å². The highest BCUT2D eigenvalue weighted by molar-refractivity contribution is 7.99. The molecular weight excluding hydrogens is 405 g/mol. The summed E-state index contributed by atoms with van der Waals surface area (Å²) in [4.78, 5) is 39.5. The second-order valence-corrected chi connectivity index (χ2v) is 8.03. The number of anilines is 1. The van der Waals surface area contributed by atoms with Gasteiger partial charge in [-0.1, -0.05) is 12.1 Å². The third-order valence-electron chi connectivity index (χ3n) is 4.84. The summed E-state index contributed by atoms with van der Waals surface area (Å²) in [6, 6.07) is 13.0. The maximum atomic E-state index is 12.9. The summed E-state index contributed by atoms with van der Waals surface area (Å²) < 4.78 is 12.9. The van der Waals surface area contributed by atoms with Crippen molar-refractivity contribution in [2.24, 2.45) is 0 Å². The third-order valence-corrected chi connectivity index (χ3v) is 5.85. The molecule has 1 aliphatic rings. The third kappa shape index (κ3) is 6.06. The minimum absolute atomic E-state index is 0.0314. The quantitative estimate of drug-likeness (QED) is 0.767. The van der Waals surface area contributed by atoms with Gasteiger partial charge in [0, 0.05) is 50.1 Å². The van der Waals surface area contributed by atoms with Gasteiger partial charge in [0.25, 0.3) is 5.91 Å². The molecule has 1 heterocycles. The summed E-state index contributed by atoms with van der Waals surface area (Å²) in [5.74, 6) is 0.429. The Kier molecular flexibility index (Phi) is 7.46. The predicted octanol–water partition coefficient (Wildman–Crippen LogP) is 3.00. The van der Waals surface area contributed by atoms with Crippen molar-refractivity contribution >= 4 is 35.2 Å². The van der Waals surface area contributed by atoms with Crippen molar-refractivity contribution in [2.75, 3.05) is 37.2 Å². The van der Waals surface area contributed by atoms with E-state index < -0.39 is 0 Å². The molecule has 1 aliphatic heterocycles. The van der Waals surface area contributed by atoms with Crippen LogP contribution in [0.4, 0.5) is 10.1 Å². The molecule has 3 amide bonds. The summed E-state index contributed by atoms with van der Waals surface area (Å²) >= 11 is 1.46. The first-order valence-corrected chi connectivity index (χ1v) is 10.8. The number of benzene rings is 2. The zero-order valence-electron chi connectivity index (χ0n) is 16.8. The molecule has 0 aromatic heterocycles. The van der Waals surface area contributed by atoms with Gasteiger partial charge in [-0.05, 0) is 42.0 Å². The minimum Gasteiger partial charge on any atom is -0.339 e. The first kappa shape index (κ1) is 21.8. The maximum Gasteiger partial charge on any atom is 0.253 e. The van der Waals surface area contributed by atoms with Crippen LogP contribution in [0.1, 0.15) is 22.8 Å². The number of hydrogen-bond acceptors (Lipinski definition) is 4. The van der Waals surface area contributed by atoms with E-state index in [4.69, 9.17) is 0 Å². The van der Waals surface area contributed by atoms with Crippen molar-refractivity contribution in [3.8, 4) is 0 Å². The molecule has 8 heteroatoms. The van der Waals surface area contributed by atoms with Crippen molar-refractivity contribution < 1.29 is 18.8 Å². The molecule has 0 spiro atoms. The van der Waals surface area contributed by atoms with E-state index in [-0.39, 0.29) is 29.3 Å². The lowest BCUT2D eigenvalue weighted by Crippen LogP contribution is -2.50. The highest BCUT2D eigenvalue weighted by Gasteiger charge is 2.23. The van der Waals surface area contributed by atoms with Crippen molar-refractivity contribution in [1.82, 2.24) is 9.80 Å². The number of amides is 3. The summed E-state index contributed by atoms with van der Waals surface area (Å²) in [5.41, 5.74) is 2.20. The SMILES string of the molecule is CC(=O)N1CCN(C(=O)c2ccc(CSCC(=O)Nc3ccc(F)cc3)cc2)CC1. The number of thioether (sulfide) groups is 1. The Balaban J connectivity index is 1.43. The van der Waals surface area contributed by atoms with E-state index in [1.165, 1.54) is 36.0 Å². The molecule has 0 atom stereocenters. The molecule has 30 heavy (non-hydrogen) atoms. The molecule has 3 rings (SSSR count). The number of nitrogens with zero attached hydrogens (tertiary/aromatic N) is 2. The van der Waals surface area contributed by atoms with Crippen LogP contribution in [0.5, 0.6) is 0 Å². The van der Waals surface area contributed by atoms with E-state index in [1.807, 2.05) is 12.1 Å². The molecule has 6 nitrogen and oxygen atoms in total. The van der Waals surface area contributed by atoms with Gasteiger partial charge in [-0.2, -0.15) is 0 Å². The molecule has 2 aromatic carbocycles. The Morgan fingerprint density at radius 3 is 2.13 bits per heavy atom. The number of halogens is 1.